The molecule has 0 bridgehead atoms. The number of furan rings is 1. The molecule has 0 aromatic carbocycles. The van der Waals surface area contributed by atoms with Gasteiger partial charge in [0.1, 0.15) is 5.76 Å². The van der Waals surface area contributed by atoms with Crippen molar-refractivity contribution in [2.45, 2.75) is 44.7 Å². The van der Waals surface area contributed by atoms with Gasteiger partial charge in [0, 0.05) is 44.3 Å². The van der Waals surface area contributed by atoms with Crippen molar-refractivity contribution in [2.24, 2.45) is 4.99 Å². The molecule has 0 spiro atoms. The summed E-state index contributed by atoms with van der Waals surface area (Å²) in [6, 6.07) is 7.69. The second kappa shape index (κ2) is 10.6. The first-order valence-electron chi connectivity index (χ1n) is 11.4. The van der Waals surface area contributed by atoms with Gasteiger partial charge in [-0.1, -0.05) is 6.92 Å². The van der Waals surface area contributed by atoms with Crippen LogP contribution in [0, 0.1) is 5.82 Å². The molecule has 7 nitrogen and oxygen atoms in total. The van der Waals surface area contributed by atoms with E-state index in [1.165, 1.54) is 25.5 Å². The first-order valence-corrected chi connectivity index (χ1v) is 11.4. The van der Waals surface area contributed by atoms with Gasteiger partial charge in [-0.25, -0.2) is 9.37 Å². The standard InChI is InChI=1S/C23H33FN6O/c1-2-29-13-4-6-19(29)16-27-23(26-12-9-20-7-5-15-31-20)28-18-10-14-30(17-18)22-21(24)8-3-11-25-22/h3,5,7-8,11,15,18-19H,2,4,6,9-10,12-14,16-17H2,1H3,(H2,26,27,28). The lowest BCUT2D eigenvalue weighted by molar-refractivity contribution is 0.273. The van der Waals surface area contributed by atoms with Gasteiger partial charge >= 0.3 is 0 Å². The Bertz CT molecular complexity index is 842. The van der Waals surface area contributed by atoms with Crippen molar-refractivity contribution >= 4 is 11.8 Å². The molecule has 2 aliphatic rings. The highest BCUT2D eigenvalue weighted by atomic mass is 19.1. The Morgan fingerprint density at radius 3 is 3.03 bits per heavy atom. The summed E-state index contributed by atoms with van der Waals surface area (Å²) in [6.45, 7) is 7.46. The van der Waals surface area contributed by atoms with Crippen molar-refractivity contribution in [1.29, 1.82) is 0 Å². The normalized spacial score (nSPS) is 22.3. The predicted octanol–water partition coefficient (Wildman–Crippen LogP) is 2.65. The number of rotatable bonds is 8. The average Bonchev–Trinajstić information content (AvgIpc) is 3.54. The number of likely N-dealkylation sites (N-methyl/N-ethyl adjacent to an activating group) is 1. The topological polar surface area (TPSA) is 68.9 Å². The number of pyridine rings is 1. The number of guanidine groups is 1. The van der Waals surface area contributed by atoms with Crippen molar-refractivity contribution in [2.75, 3.05) is 44.2 Å². The molecule has 2 aromatic heterocycles. The van der Waals surface area contributed by atoms with Crippen LogP contribution in [-0.4, -0.2) is 67.2 Å². The maximum atomic E-state index is 14.1. The monoisotopic (exact) mass is 428 g/mol. The molecule has 2 aliphatic heterocycles. The second-order valence-electron chi connectivity index (χ2n) is 8.25. The summed E-state index contributed by atoms with van der Waals surface area (Å²) in [5.41, 5.74) is 0. The lowest BCUT2D eigenvalue weighted by Gasteiger charge is -2.23. The van der Waals surface area contributed by atoms with Crippen molar-refractivity contribution in [3.8, 4) is 0 Å². The molecule has 0 radical (unpaired) electrons. The van der Waals surface area contributed by atoms with Crippen LogP contribution < -0.4 is 15.5 Å². The van der Waals surface area contributed by atoms with Crippen molar-refractivity contribution in [1.82, 2.24) is 20.5 Å². The Labute approximate surface area is 183 Å². The number of likely N-dealkylation sites (tertiary alicyclic amines) is 1. The number of aliphatic imine (C=N–C) groups is 1. The van der Waals surface area contributed by atoms with Gasteiger partial charge in [0.05, 0.1) is 12.8 Å². The first kappa shape index (κ1) is 21.6. The molecular weight excluding hydrogens is 395 g/mol. The third-order valence-corrected chi connectivity index (χ3v) is 6.18. The van der Waals surface area contributed by atoms with Crippen LogP contribution in [0.1, 0.15) is 31.9 Å². The fourth-order valence-corrected chi connectivity index (χ4v) is 4.50. The summed E-state index contributed by atoms with van der Waals surface area (Å²) >= 11 is 0. The number of hydrogen-bond donors (Lipinski definition) is 2. The SMILES string of the molecule is CCN1CCCC1CN=C(NCCc1ccco1)NC1CCN(c2ncccc2F)C1. The molecule has 2 N–H and O–H groups in total. The van der Waals surface area contributed by atoms with Crippen LogP contribution in [0.3, 0.4) is 0 Å². The highest BCUT2D eigenvalue weighted by Crippen LogP contribution is 2.21. The number of nitrogens with one attached hydrogen (secondary N) is 2. The van der Waals surface area contributed by atoms with E-state index in [9.17, 15) is 4.39 Å². The molecule has 2 atom stereocenters. The van der Waals surface area contributed by atoms with Crippen LogP contribution >= 0.6 is 0 Å². The smallest absolute Gasteiger partial charge is 0.191 e. The number of aromatic nitrogens is 1. The zero-order valence-corrected chi connectivity index (χ0v) is 18.3. The Morgan fingerprint density at radius 2 is 2.23 bits per heavy atom. The van der Waals surface area contributed by atoms with Crippen LogP contribution in [0.15, 0.2) is 46.1 Å². The van der Waals surface area contributed by atoms with E-state index in [4.69, 9.17) is 9.41 Å². The van der Waals surface area contributed by atoms with Crippen molar-refractivity contribution in [3.63, 3.8) is 0 Å². The summed E-state index contributed by atoms with van der Waals surface area (Å²) in [7, 11) is 0. The van der Waals surface area contributed by atoms with Gasteiger partial charge in [0.2, 0.25) is 0 Å². The van der Waals surface area contributed by atoms with E-state index < -0.39 is 0 Å². The van der Waals surface area contributed by atoms with Gasteiger partial charge in [0.25, 0.3) is 0 Å². The molecule has 0 saturated carbocycles. The Morgan fingerprint density at radius 1 is 1.29 bits per heavy atom. The Hall–Kier alpha value is -2.61. The highest BCUT2D eigenvalue weighted by Gasteiger charge is 2.27. The summed E-state index contributed by atoms with van der Waals surface area (Å²) in [6.07, 6.45) is 7.51. The molecular formula is C23H33FN6O. The van der Waals surface area contributed by atoms with Crippen molar-refractivity contribution in [3.05, 3.63) is 48.3 Å². The number of nitrogens with zero attached hydrogens (tertiary/aromatic N) is 4. The molecule has 8 heteroatoms. The van der Waals surface area contributed by atoms with E-state index in [0.29, 0.717) is 18.4 Å². The summed E-state index contributed by atoms with van der Waals surface area (Å²) in [4.78, 5) is 13.6. The van der Waals surface area contributed by atoms with Gasteiger partial charge in [0.15, 0.2) is 17.6 Å². The summed E-state index contributed by atoms with van der Waals surface area (Å²) in [5.74, 6) is 1.94. The molecule has 2 aromatic rings. The number of hydrogen-bond acceptors (Lipinski definition) is 5. The van der Waals surface area contributed by atoms with Crippen LogP contribution in [0.5, 0.6) is 0 Å². The van der Waals surface area contributed by atoms with Gasteiger partial charge in [-0.2, -0.15) is 0 Å². The Balaban J connectivity index is 1.36. The molecule has 4 heterocycles. The van der Waals surface area contributed by atoms with Crippen LogP contribution in [-0.2, 0) is 6.42 Å². The minimum absolute atomic E-state index is 0.196. The van der Waals surface area contributed by atoms with E-state index in [0.717, 1.165) is 50.7 Å². The highest BCUT2D eigenvalue weighted by molar-refractivity contribution is 5.80. The van der Waals surface area contributed by atoms with Gasteiger partial charge in [-0.05, 0) is 56.6 Å². The van der Waals surface area contributed by atoms with Gasteiger partial charge in [-0.3, -0.25) is 9.89 Å². The molecule has 0 amide bonds. The predicted molar refractivity (Wildman–Crippen MR) is 121 cm³/mol. The maximum Gasteiger partial charge on any atom is 0.191 e. The minimum atomic E-state index is -0.269. The molecule has 2 unspecified atom stereocenters. The van der Waals surface area contributed by atoms with E-state index >= 15 is 0 Å². The zero-order chi connectivity index (χ0) is 21.5. The molecule has 2 saturated heterocycles. The lowest BCUT2D eigenvalue weighted by atomic mass is 10.2. The summed E-state index contributed by atoms with van der Waals surface area (Å²) in [5, 5.41) is 7.03. The zero-order valence-electron chi connectivity index (χ0n) is 18.3. The fourth-order valence-electron chi connectivity index (χ4n) is 4.50. The van der Waals surface area contributed by atoms with Gasteiger partial charge in [-0.15, -0.1) is 0 Å². The molecule has 31 heavy (non-hydrogen) atoms. The van der Waals surface area contributed by atoms with Crippen molar-refractivity contribution < 1.29 is 8.81 Å². The lowest BCUT2D eigenvalue weighted by Crippen LogP contribution is -2.46. The van der Waals surface area contributed by atoms with E-state index in [1.54, 1.807) is 18.5 Å². The molecule has 4 rings (SSSR count). The molecule has 168 valence electrons. The van der Waals surface area contributed by atoms with E-state index in [1.807, 2.05) is 17.0 Å². The third kappa shape index (κ3) is 5.76. The first-order chi connectivity index (χ1) is 15.2. The minimum Gasteiger partial charge on any atom is -0.469 e. The largest absolute Gasteiger partial charge is 0.469 e. The number of anilines is 1. The quantitative estimate of drug-likeness (QED) is 0.498. The number of halogens is 1. The molecule has 0 aliphatic carbocycles. The summed E-state index contributed by atoms with van der Waals surface area (Å²) < 4.78 is 19.6. The van der Waals surface area contributed by atoms with E-state index in [2.05, 4.69) is 27.4 Å². The second-order valence-corrected chi connectivity index (χ2v) is 8.25. The van der Waals surface area contributed by atoms with Crippen LogP contribution in [0.25, 0.3) is 0 Å². The average molecular weight is 429 g/mol. The van der Waals surface area contributed by atoms with Crippen LogP contribution in [0.4, 0.5) is 10.2 Å². The fraction of sp³-hybridized carbons (Fsp3) is 0.565. The van der Waals surface area contributed by atoms with Crippen LogP contribution in [0.2, 0.25) is 0 Å². The van der Waals surface area contributed by atoms with Gasteiger partial charge < -0.3 is 20.0 Å². The molecule has 2 fully saturated rings. The third-order valence-electron chi connectivity index (χ3n) is 6.18. The Kier molecular flexibility index (Phi) is 7.40. The van der Waals surface area contributed by atoms with E-state index in [-0.39, 0.29) is 11.9 Å². The maximum absolute atomic E-state index is 14.1.